The molecule has 0 fully saturated rings. The highest BCUT2D eigenvalue weighted by Gasteiger charge is 2.27. The molecule has 0 radical (unpaired) electrons. The first-order chi connectivity index (χ1) is 13.0. The predicted octanol–water partition coefficient (Wildman–Crippen LogP) is 2.74. The van der Waals surface area contributed by atoms with Crippen LogP contribution in [-0.2, 0) is 20.0 Å². The lowest BCUT2D eigenvalue weighted by Gasteiger charge is -2.18. The number of amides is 1. The fourth-order valence-electron chi connectivity index (χ4n) is 2.40. The summed E-state index contributed by atoms with van der Waals surface area (Å²) >= 11 is 0. The molecule has 0 saturated carbocycles. The van der Waals surface area contributed by atoms with Crippen molar-refractivity contribution in [3.63, 3.8) is 0 Å². The number of benzene rings is 1. The second-order valence-electron chi connectivity index (χ2n) is 7.33. The molecule has 2 aromatic heterocycles. The van der Waals surface area contributed by atoms with E-state index in [1.807, 2.05) is 12.1 Å². The lowest BCUT2D eigenvalue weighted by atomic mass is 9.87. The third-order valence-corrected chi connectivity index (χ3v) is 5.23. The van der Waals surface area contributed by atoms with Crippen LogP contribution in [0.15, 0.2) is 44.5 Å². The lowest BCUT2D eigenvalue weighted by molar-refractivity contribution is -0.113. The zero-order valence-electron chi connectivity index (χ0n) is 15.9. The number of carbonyl (C=O) groups excluding carboxylic acids is 1. The van der Waals surface area contributed by atoms with E-state index in [0.29, 0.717) is 11.3 Å². The highest BCUT2D eigenvalue weighted by atomic mass is 32.2. The summed E-state index contributed by atoms with van der Waals surface area (Å²) in [5, 5.41) is 12.7. The van der Waals surface area contributed by atoms with Gasteiger partial charge in [-0.05, 0) is 30.0 Å². The molecule has 2 heterocycles. The van der Waals surface area contributed by atoms with Crippen LogP contribution >= 0.6 is 0 Å². The van der Waals surface area contributed by atoms with Crippen LogP contribution in [0.4, 0.5) is 5.82 Å². The molecular weight excluding hydrogens is 384 g/mol. The van der Waals surface area contributed by atoms with Crippen molar-refractivity contribution >= 4 is 21.6 Å². The van der Waals surface area contributed by atoms with Crippen molar-refractivity contribution in [1.29, 1.82) is 0 Å². The molecule has 0 saturated heterocycles. The van der Waals surface area contributed by atoms with E-state index >= 15 is 0 Å². The molecule has 1 aromatic carbocycles. The molecule has 0 aliphatic heterocycles. The number of nitrogens with zero attached hydrogens (tertiary/aromatic N) is 3. The minimum absolute atomic E-state index is 0.0163. The molecule has 3 rings (SSSR count). The Morgan fingerprint density at radius 2 is 1.82 bits per heavy atom. The summed E-state index contributed by atoms with van der Waals surface area (Å²) in [4.78, 5) is 12.0. The Hall–Kier alpha value is -3.01. The number of hydrogen-bond donors (Lipinski definition) is 1. The first kappa shape index (κ1) is 19.7. The Balaban J connectivity index is 1.73. The van der Waals surface area contributed by atoms with E-state index in [9.17, 15) is 13.2 Å². The summed E-state index contributed by atoms with van der Waals surface area (Å²) in [6.45, 7) is 7.91. The largest absolute Gasteiger partial charge is 0.408 e. The van der Waals surface area contributed by atoms with Gasteiger partial charge in [0.15, 0.2) is 5.82 Å². The van der Waals surface area contributed by atoms with Crippen LogP contribution in [-0.4, -0.2) is 35.4 Å². The van der Waals surface area contributed by atoms with Crippen molar-refractivity contribution in [3.8, 4) is 11.5 Å². The van der Waals surface area contributed by atoms with Crippen molar-refractivity contribution in [1.82, 2.24) is 15.4 Å². The van der Waals surface area contributed by atoms with Gasteiger partial charge in [-0.2, -0.15) is 0 Å². The number of anilines is 1. The normalized spacial score (nSPS) is 12.1. The Labute approximate surface area is 162 Å². The molecule has 3 aromatic rings. The molecule has 10 heteroatoms. The molecule has 28 heavy (non-hydrogen) atoms. The van der Waals surface area contributed by atoms with E-state index in [0.717, 1.165) is 5.56 Å². The minimum Gasteiger partial charge on any atom is -0.408 e. The van der Waals surface area contributed by atoms with E-state index in [2.05, 4.69) is 41.4 Å². The second kappa shape index (κ2) is 7.19. The Bertz CT molecular complexity index is 1090. The van der Waals surface area contributed by atoms with Gasteiger partial charge >= 0.3 is 5.22 Å². The molecule has 0 bridgehead atoms. The molecule has 0 atom stereocenters. The summed E-state index contributed by atoms with van der Waals surface area (Å²) in [5.41, 5.74) is 1.69. The number of aryl methyl sites for hydroxylation is 1. The first-order valence-corrected chi connectivity index (χ1v) is 10.1. The first-order valence-electron chi connectivity index (χ1n) is 8.45. The Morgan fingerprint density at radius 1 is 1.14 bits per heavy atom. The highest BCUT2D eigenvalue weighted by Crippen LogP contribution is 2.26. The number of sulfone groups is 1. The number of rotatable bonds is 5. The number of aromatic nitrogens is 3. The maximum Gasteiger partial charge on any atom is 0.336 e. The van der Waals surface area contributed by atoms with Crippen molar-refractivity contribution in [2.24, 2.45) is 0 Å². The summed E-state index contributed by atoms with van der Waals surface area (Å²) in [6.07, 6.45) is 0. The molecule has 1 amide bonds. The van der Waals surface area contributed by atoms with Crippen molar-refractivity contribution in [2.75, 3.05) is 11.1 Å². The maximum absolute atomic E-state index is 12.4. The van der Waals surface area contributed by atoms with Gasteiger partial charge in [-0.1, -0.05) is 43.2 Å². The average Bonchev–Trinajstić information content (AvgIpc) is 3.23. The van der Waals surface area contributed by atoms with Crippen LogP contribution < -0.4 is 5.32 Å². The van der Waals surface area contributed by atoms with Crippen LogP contribution in [0.25, 0.3) is 11.5 Å². The average molecular weight is 404 g/mol. The van der Waals surface area contributed by atoms with E-state index in [4.69, 9.17) is 8.94 Å². The SMILES string of the molecule is Cc1cc(NC(=O)CS(=O)(=O)c2nnc(-c3ccc(C(C)(C)C)cc3)o2)no1. The van der Waals surface area contributed by atoms with Gasteiger partial charge in [0, 0.05) is 11.6 Å². The number of hydrogen-bond acceptors (Lipinski definition) is 8. The Morgan fingerprint density at radius 3 is 2.39 bits per heavy atom. The molecule has 9 nitrogen and oxygen atoms in total. The smallest absolute Gasteiger partial charge is 0.336 e. The minimum atomic E-state index is -4.10. The van der Waals surface area contributed by atoms with Crippen LogP contribution in [0, 0.1) is 6.92 Å². The van der Waals surface area contributed by atoms with Gasteiger partial charge in [-0.3, -0.25) is 4.79 Å². The molecule has 148 valence electrons. The van der Waals surface area contributed by atoms with E-state index in [-0.39, 0.29) is 17.1 Å². The second-order valence-corrected chi connectivity index (χ2v) is 9.20. The van der Waals surface area contributed by atoms with Crippen molar-refractivity contribution < 1.29 is 22.2 Å². The fraction of sp³-hybridized carbons (Fsp3) is 0.333. The molecule has 0 spiro atoms. The van der Waals surface area contributed by atoms with Gasteiger partial charge in [0.25, 0.3) is 0 Å². The third kappa shape index (κ3) is 4.45. The quantitative estimate of drug-likeness (QED) is 0.687. The van der Waals surface area contributed by atoms with Gasteiger partial charge in [-0.15, -0.1) is 5.10 Å². The van der Waals surface area contributed by atoms with E-state index in [1.54, 1.807) is 19.1 Å². The molecular formula is C18H20N4O5S. The van der Waals surface area contributed by atoms with Crippen LogP contribution in [0.3, 0.4) is 0 Å². The standard InChI is InChI=1S/C18H20N4O5S/c1-11-9-14(22-27-11)19-15(23)10-28(24,25)17-21-20-16(26-17)12-5-7-13(8-6-12)18(2,3)4/h5-9H,10H2,1-4H3,(H,19,22,23). The van der Waals surface area contributed by atoms with Gasteiger partial charge in [0.05, 0.1) is 0 Å². The van der Waals surface area contributed by atoms with E-state index in [1.165, 1.54) is 6.07 Å². The predicted molar refractivity (Wildman–Crippen MR) is 100 cm³/mol. The fourth-order valence-corrected chi connectivity index (χ4v) is 3.32. The summed E-state index contributed by atoms with van der Waals surface area (Å²) in [7, 11) is -4.10. The number of nitrogens with one attached hydrogen (secondary N) is 1. The van der Waals surface area contributed by atoms with Crippen molar-refractivity contribution in [3.05, 3.63) is 41.7 Å². The Kier molecular flexibility index (Phi) is 5.07. The summed E-state index contributed by atoms with van der Waals surface area (Å²) < 4.78 is 34.8. The van der Waals surface area contributed by atoms with Gasteiger partial charge < -0.3 is 14.3 Å². The molecule has 0 aliphatic carbocycles. The number of carbonyl (C=O) groups is 1. The topological polar surface area (TPSA) is 128 Å². The van der Waals surface area contributed by atoms with Crippen molar-refractivity contribution in [2.45, 2.75) is 38.3 Å². The van der Waals surface area contributed by atoms with Gasteiger partial charge in [-0.25, -0.2) is 8.42 Å². The monoisotopic (exact) mass is 404 g/mol. The van der Waals surface area contributed by atoms with Gasteiger partial charge in [0.1, 0.15) is 11.5 Å². The zero-order valence-corrected chi connectivity index (χ0v) is 16.7. The van der Waals surface area contributed by atoms with Crippen LogP contribution in [0.5, 0.6) is 0 Å². The lowest BCUT2D eigenvalue weighted by Crippen LogP contribution is -2.23. The van der Waals surface area contributed by atoms with Crippen LogP contribution in [0.1, 0.15) is 32.1 Å². The molecule has 1 N–H and O–H groups in total. The summed E-state index contributed by atoms with van der Waals surface area (Å²) in [6, 6.07) is 8.87. The summed E-state index contributed by atoms with van der Waals surface area (Å²) in [5.74, 6) is -0.974. The third-order valence-electron chi connectivity index (χ3n) is 3.89. The molecule has 0 aliphatic rings. The highest BCUT2D eigenvalue weighted by molar-refractivity contribution is 7.91. The van der Waals surface area contributed by atoms with Gasteiger partial charge in [0.2, 0.25) is 21.6 Å². The maximum atomic E-state index is 12.4. The van der Waals surface area contributed by atoms with Crippen LogP contribution in [0.2, 0.25) is 0 Å². The zero-order chi connectivity index (χ0) is 20.5. The van der Waals surface area contributed by atoms with E-state index < -0.39 is 26.7 Å². The molecule has 0 unspecified atom stereocenters.